The summed E-state index contributed by atoms with van der Waals surface area (Å²) in [4.78, 5) is 25.3. The molecule has 148 valence electrons. The SMILES string of the molecule is CC(=O)NCC(=O)N1[C@@H]2CC[C@H]1C[C@H]([C@@H](N)Cc1cc(F)c(F)cc1F)C2. The molecule has 4 atom stereocenters. The number of amides is 2. The third-order valence-corrected chi connectivity index (χ3v) is 5.70. The number of nitrogens with two attached hydrogens (primary N) is 1. The third-order valence-electron chi connectivity index (χ3n) is 5.70. The molecule has 2 heterocycles. The third kappa shape index (κ3) is 4.26. The molecule has 0 aromatic heterocycles. The van der Waals surface area contributed by atoms with E-state index in [1.165, 1.54) is 6.92 Å². The Hall–Kier alpha value is -2.09. The van der Waals surface area contributed by atoms with Gasteiger partial charge in [0.25, 0.3) is 0 Å². The van der Waals surface area contributed by atoms with Crippen LogP contribution in [-0.4, -0.2) is 41.4 Å². The lowest BCUT2D eigenvalue weighted by molar-refractivity contribution is -0.137. The molecule has 2 aliphatic heterocycles. The molecule has 0 radical (unpaired) electrons. The van der Waals surface area contributed by atoms with Crippen molar-refractivity contribution >= 4 is 11.8 Å². The first kappa shape index (κ1) is 19.7. The van der Waals surface area contributed by atoms with Gasteiger partial charge in [0.05, 0.1) is 6.54 Å². The molecule has 1 aromatic carbocycles. The Morgan fingerprint density at radius 1 is 1.15 bits per heavy atom. The Balaban J connectivity index is 1.63. The number of fused-ring (bicyclic) bond motifs is 2. The lowest BCUT2D eigenvalue weighted by atomic mass is 9.82. The van der Waals surface area contributed by atoms with Crippen molar-refractivity contribution in [2.75, 3.05) is 6.54 Å². The minimum Gasteiger partial charge on any atom is -0.347 e. The summed E-state index contributed by atoms with van der Waals surface area (Å²) in [6, 6.07) is 1.11. The molecule has 0 unspecified atom stereocenters. The molecule has 3 N–H and O–H groups in total. The molecule has 3 rings (SSSR count). The quantitative estimate of drug-likeness (QED) is 0.763. The zero-order valence-electron chi connectivity index (χ0n) is 15.2. The number of halogens is 3. The first-order valence-electron chi connectivity index (χ1n) is 9.20. The van der Waals surface area contributed by atoms with Crippen LogP contribution in [0.15, 0.2) is 12.1 Å². The van der Waals surface area contributed by atoms with Crippen LogP contribution < -0.4 is 11.1 Å². The van der Waals surface area contributed by atoms with E-state index in [2.05, 4.69) is 5.32 Å². The van der Waals surface area contributed by atoms with Crippen LogP contribution >= 0.6 is 0 Å². The fourth-order valence-electron chi connectivity index (χ4n) is 4.41. The van der Waals surface area contributed by atoms with Gasteiger partial charge in [-0.25, -0.2) is 13.2 Å². The van der Waals surface area contributed by atoms with Gasteiger partial charge in [-0.15, -0.1) is 0 Å². The van der Waals surface area contributed by atoms with Crippen LogP contribution in [0.3, 0.4) is 0 Å². The lowest BCUT2D eigenvalue weighted by Crippen LogP contribution is -2.52. The van der Waals surface area contributed by atoms with Gasteiger partial charge in [0.2, 0.25) is 11.8 Å². The number of nitrogens with one attached hydrogen (secondary N) is 1. The van der Waals surface area contributed by atoms with Crippen LogP contribution in [0.25, 0.3) is 0 Å². The molecule has 2 aliphatic rings. The predicted octanol–water partition coefficient (Wildman–Crippen LogP) is 1.88. The van der Waals surface area contributed by atoms with Crippen molar-refractivity contribution in [1.29, 1.82) is 0 Å². The van der Waals surface area contributed by atoms with E-state index < -0.39 is 23.5 Å². The van der Waals surface area contributed by atoms with Crippen LogP contribution in [0.4, 0.5) is 13.2 Å². The number of carbonyl (C=O) groups excluding carboxylic acids is 2. The normalized spacial score (nSPS) is 25.4. The minimum absolute atomic E-state index is 0.0148. The first-order valence-corrected chi connectivity index (χ1v) is 9.20. The highest BCUT2D eigenvalue weighted by molar-refractivity contribution is 5.84. The van der Waals surface area contributed by atoms with Crippen molar-refractivity contribution in [2.24, 2.45) is 11.7 Å². The van der Waals surface area contributed by atoms with Crippen molar-refractivity contribution in [1.82, 2.24) is 10.2 Å². The molecule has 0 aliphatic carbocycles. The van der Waals surface area contributed by atoms with E-state index in [1.54, 1.807) is 0 Å². The molecular weight excluding hydrogens is 359 g/mol. The first-order chi connectivity index (χ1) is 12.8. The molecular formula is C19H24F3N3O2. The van der Waals surface area contributed by atoms with Crippen LogP contribution in [-0.2, 0) is 16.0 Å². The smallest absolute Gasteiger partial charge is 0.242 e. The van der Waals surface area contributed by atoms with Crippen molar-refractivity contribution in [3.8, 4) is 0 Å². The van der Waals surface area contributed by atoms with Crippen molar-refractivity contribution < 1.29 is 22.8 Å². The highest BCUT2D eigenvalue weighted by atomic mass is 19.2. The largest absolute Gasteiger partial charge is 0.347 e. The number of carbonyl (C=O) groups is 2. The number of benzene rings is 1. The summed E-state index contributed by atoms with van der Waals surface area (Å²) in [6.07, 6.45) is 3.25. The van der Waals surface area contributed by atoms with Gasteiger partial charge < -0.3 is 16.0 Å². The summed E-state index contributed by atoms with van der Waals surface area (Å²) < 4.78 is 40.4. The maximum absolute atomic E-state index is 13.9. The fourth-order valence-corrected chi connectivity index (χ4v) is 4.41. The molecule has 1 aromatic rings. The second-order valence-corrected chi connectivity index (χ2v) is 7.55. The lowest BCUT2D eigenvalue weighted by Gasteiger charge is -2.41. The van der Waals surface area contributed by atoms with Crippen LogP contribution in [0.2, 0.25) is 0 Å². The summed E-state index contributed by atoms with van der Waals surface area (Å²) in [5.41, 5.74) is 6.33. The summed E-state index contributed by atoms with van der Waals surface area (Å²) in [5.74, 6) is -3.38. The topological polar surface area (TPSA) is 75.4 Å². The van der Waals surface area contributed by atoms with Gasteiger partial charge >= 0.3 is 0 Å². The highest BCUT2D eigenvalue weighted by Gasteiger charge is 2.44. The van der Waals surface area contributed by atoms with Gasteiger partial charge in [0.1, 0.15) is 5.82 Å². The monoisotopic (exact) mass is 383 g/mol. The maximum Gasteiger partial charge on any atom is 0.242 e. The van der Waals surface area contributed by atoms with Crippen LogP contribution in [0.5, 0.6) is 0 Å². The van der Waals surface area contributed by atoms with E-state index in [0.717, 1.165) is 18.9 Å². The van der Waals surface area contributed by atoms with E-state index in [1.807, 2.05) is 4.90 Å². The number of rotatable bonds is 5. The number of piperidine rings is 1. The van der Waals surface area contributed by atoms with E-state index in [-0.39, 0.29) is 48.3 Å². The van der Waals surface area contributed by atoms with Gasteiger partial charge in [0.15, 0.2) is 11.6 Å². The average molecular weight is 383 g/mol. The molecule has 2 saturated heterocycles. The Labute approximate surface area is 156 Å². The highest BCUT2D eigenvalue weighted by Crippen LogP contribution is 2.40. The summed E-state index contributed by atoms with van der Waals surface area (Å²) in [7, 11) is 0. The van der Waals surface area contributed by atoms with Gasteiger partial charge in [-0.2, -0.15) is 0 Å². The van der Waals surface area contributed by atoms with Crippen molar-refractivity contribution in [3.63, 3.8) is 0 Å². The van der Waals surface area contributed by atoms with E-state index in [0.29, 0.717) is 18.9 Å². The van der Waals surface area contributed by atoms with Gasteiger partial charge in [-0.1, -0.05) is 0 Å². The molecule has 27 heavy (non-hydrogen) atoms. The summed E-state index contributed by atoms with van der Waals surface area (Å²) in [6.45, 7) is 1.35. The predicted molar refractivity (Wildman–Crippen MR) is 93.1 cm³/mol. The fraction of sp³-hybridized carbons (Fsp3) is 0.579. The molecule has 2 fully saturated rings. The van der Waals surface area contributed by atoms with Gasteiger partial charge in [-0.05, 0) is 49.7 Å². The number of hydrogen-bond acceptors (Lipinski definition) is 3. The Morgan fingerprint density at radius 2 is 1.74 bits per heavy atom. The van der Waals surface area contributed by atoms with E-state index in [4.69, 9.17) is 5.73 Å². The summed E-state index contributed by atoms with van der Waals surface area (Å²) >= 11 is 0. The van der Waals surface area contributed by atoms with Gasteiger partial charge in [-0.3, -0.25) is 9.59 Å². The van der Waals surface area contributed by atoms with Gasteiger partial charge in [0, 0.05) is 31.1 Å². The second kappa shape index (κ2) is 7.88. The van der Waals surface area contributed by atoms with Crippen LogP contribution in [0, 0.1) is 23.4 Å². The van der Waals surface area contributed by atoms with E-state index >= 15 is 0 Å². The second-order valence-electron chi connectivity index (χ2n) is 7.55. The molecule has 0 spiro atoms. The van der Waals surface area contributed by atoms with Crippen LogP contribution in [0.1, 0.15) is 38.2 Å². The maximum atomic E-state index is 13.9. The standard InChI is InChI=1S/C19H24F3N3O2/c1-10(26)24-9-19(27)25-13-2-3-14(25)5-12(4-13)18(23)7-11-6-16(21)17(22)8-15(11)20/h6,8,12-14,18H,2-5,7,9,23H2,1H3,(H,24,26)/t12-,13-,14+,18-/m0/s1. The number of nitrogens with zero attached hydrogens (tertiary/aromatic N) is 1. The van der Waals surface area contributed by atoms with Crippen molar-refractivity contribution in [3.05, 3.63) is 35.1 Å². The summed E-state index contributed by atoms with van der Waals surface area (Å²) in [5, 5.41) is 2.53. The molecule has 2 bridgehead atoms. The van der Waals surface area contributed by atoms with Crippen molar-refractivity contribution in [2.45, 2.75) is 57.2 Å². The minimum atomic E-state index is -1.21. The van der Waals surface area contributed by atoms with E-state index in [9.17, 15) is 22.8 Å². The zero-order chi connectivity index (χ0) is 19.7. The average Bonchev–Trinajstić information content (AvgIpc) is 2.87. The number of hydrogen-bond donors (Lipinski definition) is 2. The molecule has 0 saturated carbocycles. The Bertz CT molecular complexity index is 729. The Kier molecular flexibility index (Phi) is 5.74. The Morgan fingerprint density at radius 3 is 2.33 bits per heavy atom. The molecule has 5 nitrogen and oxygen atoms in total. The molecule has 8 heteroatoms. The molecule has 2 amide bonds. The zero-order valence-corrected chi connectivity index (χ0v) is 15.2.